The zero-order chi connectivity index (χ0) is 8.15. The first-order valence-electron chi connectivity index (χ1n) is 2.80. The smallest absolute Gasteiger partial charge is 0.320 e. The molecule has 5 N–H and O–H groups in total. The summed E-state index contributed by atoms with van der Waals surface area (Å²) in [6.45, 7) is 0. The number of carboxylic acid groups (broad SMARTS) is 1. The Kier molecular flexibility index (Phi) is 7.46. The minimum absolute atomic E-state index is 0. The van der Waals surface area contributed by atoms with E-state index in [2.05, 4.69) is 0 Å². The van der Waals surface area contributed by atoms with Crippen molar-refractivity contribution in [1.82, 2.24) is 0 Å². The van der Waals surface area contributed by atoms with Crippen LogP contribution in [0.2, 0.25) is 0 Å². The molecule has 0 aromatic carbocycles. The molecule has 0 fully saturated rings. The number of nitrogens with two attached hydrogens (primary N) is 2. The van der Waals surface area contributed by atoms with Crippen molar-refractivity contribution in [2.24, 2.45) is 11.5 Å². The van der Waals surface area contributed by atoms with Gasteiger partial charge in [-0.15, -0.1) is 0 Å². The van der Waals surface area contributed by atoms with Crippen LogP contribution in [0.25, 0.3) is 0 Å². The number of aliphatic carboxylic acids is 1. The fourth-order valence-corrected chi connectivity index (χ4v) is 0.421. The van der Waals surface area contributed by atoms with Crippen molar-refractivity contribution in [2.75, 3.05) is 0 Å². The van der Waals surface area contributed by atoms with E-state index < -0.39 is 17.9 Å². The van der Waals surface area contributed by atoms with Gasteiger partial charge in [0, 0.05) is 25.9 Å². The van der Waals surface area contributed by atoms with Gasteiger partial charge >= 0.3 is 5.97 Å². The summed E-state index contributed by atoms with van der Waals surface area (Å²) in [5.74, 6) is -1.64. The molecule has 6 heteroatoms. The molecular weight excluding hydrogens is 201 g/mol. The van der Waals surface area contributed by atoms with Crippen LogP contribution in [-0.2, 0) is 29.1 Å². The van der Waals surface area contributed by atoms with E-state index in [1.165, 1.54) is 0 Å². The normalized spacial score (nSPS) is 11.4. The van der Waals surface area contributed by atoms with E-state index in [1.54, 1.807) is 0 Å². The van der Waals surface area contributed by atoms with Gasteiger partial charge in [-0.1, -0.05) is 0 Å². The third-order valence-electron chi connectivity index (χ3n) is 1.02. The molecule has 0 radical (unpaired) electrons. The second-order valence-electron chi connectivity index (χ2n) is 1.95. The van der Waals surface area contributed by atoms with Crippen LogP contribution in [0, 0.1) is 0 Å². The average Bonchev–Trinajstić information content (AvgIpc) is 1.82. The van der Waals surface area contributed by atoms with Crippen molar-refractivity contribution in [3.05, 3.63) is 0 Å². The van der Waals surface area contributed by atoms with Gasteiger partial charge < -0.3 is 16.6 Å². The van der Waals surface area contributed by atoms with Gasteiger partial charge in [0.05, 0.1) is 0 Å². The molecular formula is C5H10N2O3Zn. The molecule has 1 atom stereocenters. The van der Waals surface area contributed by atoms with Gasteiger partial charge in [-0.3, -0.25) is 9.59 Å². The van der Waals surface area contributed by atoms with Gasteiger partial charge in [-0.05, 0) is 6.42 Å². The SMILES string of the molecule is NC(=O)CCC(N)C(=O)O.[Zn]. The predicted molar refractivity (Wildman–Crippen MR) is 34.0 cm³/mol. The molecule has 1 amide bonds. The standard InChI is InChI=1S/C5H10N2O3.Zn/c6-3(5(9)10)1-2-4(7)8;/h3H,1-2,6H2,(H2,7,8)(H,9,10);. The second-order valence-corrected chi connectivity index (χ2v) is 1.95. The molecule has 0 heterocycles. The van der Waals surface area contributed by atoms with Crippen LogP contribution in [-0.4, -0.2) is 23.0 Å². The number of hydrogen-bond donors (Lipinski definition) is 3. The Morgan fingerprint density at radius 2 is 1.91 bits per heavy atom. The molecule has 0 aromatic rings. The van der Waals surface area contributed by atoms with Crippen LogP contribution >= 0.6 is 0 Å². The summed E-state index contributed by atoms with van der Waals surface area (Å²) in [4.78, 5) is 20.1. The molecule has 0 saturated heterocycles. The third-order valence-corrected chi connectivity index (χ3v) is 1.02. The summed E-state index contributed by atoms with van der Waals surface area (Å²) in [6, 6.07) is -0.979. The Hall–Kier alpha value is -0.477. The second kappa shape index (κ2) is 6.25. The third kappa shape index (κ3) is 7.42. The van der Waals surface area contributed by atoms with E-state index in [1.807, 2.05) is 0 Å². The number of amides is 1. The molecule has 0 rings (SSSR count). The van der Waals surface area contributed by atoms with Crippen LogP contribution in [0.1, 0.15) is 12.8 Å². The van der Waals surface area contributed by atoms with Crippen LogP contribution in [0.4, 0.5) is 0 Å². The topological polar surface area (TPSA) is 106 Å². The van der Waals surface area contributed by atoms with Gasteiger partial charge in [0.2, 0.25) is 5.91 Å². The van der Waals surface area contributed by atoms with E-state index in [4.69, 9.17) is 16.6 Å². The molecule has 0 bridgehead atoms. The molecule has 11 heavy (non-hydrogen) atoms. The maximum atomic E-state index is 10.1. The van der Waals surface area contributed by atoms with Gasteiger partial charge in [-0.25, -0.2) is 0 Å². The fraction of sp³-hybridized carbons (Fsp3) is 0.600. The minimum Gasteiger partial charge on any atom is -0.480 e. The van der Waals surface area contributed by atoms with Gasteiger partial charge in [-0.2, -0.15) is 0 Å². The number of rotatable bonds is 4. The van der Waals surface area contributed by atoms with Crippen LogP contribution in [0.5, 0.6) is 0 Å². The van der Waals surface area contributed by atoms with Crippen molar-refractivity contribution in [1.29, 1.82) is 0 Å². The number of carbonyl (C=O) groups is 2. The average molecular weight is 212 g/mol. The van der Waals surface area contributed by atoms with Gasteiger partial charge in [0.1, 0.15) is 6.04 Å². The van der Waals surface area contributed by atoms with Crippen molar-refractivity contribution >= 4 is 11.9 Å². The first kappa shape index (κ1) is 13.1. The largest absolute Gasteiger partial charge is 0.480 e. The summed E-state index contributed by atoms with van der Waals surface area (Å²) in [5, 5.41) is 8.22. The Bertz CT molecular complexity index is 151. The minimum atomic E-state index is -1.11. The Morgan fingerprint density at radius 1 is 1.45 bits per heavy atom. The molecule has 0 aromatic heterocycles. The molecule has 1 unspecified atom stereocenters. The molecule has 0 spiro atoms. The van der Waals surface area contributed by atoms with Gasteiger partial charge in [0.25, 0.3) is 0 Å². The van der Waals surface area contributed by atoms with Crippen LogP contribution in [0.15, 0.2) is 0 Å². The quantitative estimate of drug-likeness (QED) is 0.501. The molecule has 0 saturated carbocycles. The Morgan fingerprint density at radius 3 is 2.18 bits per heavy atom. The molecule has 0 aliphatic heterocycles. The summed E-state index contributed by atoms with van der Waals surface area (Å²) < 4.78 is 0. The zero-order valence-corrected chi connectivity index (χ0v) is 9.08. The van der Waals surface area contributed by atoms with E-state index in [9.17, 15) is 9.59 Å². The maximum absolute atomic E-state index is 10.1. The number of hydrogen-bond acceptors (Lipinski definition) is 3. The monoisotopic (exact) mass is 210 g/mol. The zero-order valence-electron chi connectivity index (χ0n) is 6.12. The van der Waals surface area contributed by atoms with E-state index in [0.29, 0.717) is 0 Å². The first-order chi connectivity index (χ1) is 4.54. The van der Waals surface area contributed by atoms with E-state index in [-0.39, 0.29) is 32.3 Å². The van der Waals surface area contributed by atoms with Crippen molar-refractivity contribution in [2.45, 2.75) is 18.9 Å². The van der Waals surface area contributed by atoms with Crippen LogP contribution in [0.3, 0.4) is 0 Å². The van der Waals surface area contributed by atoms with Crippen LogP contribution < -0.4 is 11.5 Å². The molecule has 0 aliphatic carbocycles. The van der Waals surface area contributed by atoms with E-state index >= 15 is 0 Å². The van der Waals surface area contributed by atoms with Crippen molar-refractivity contribution in [3.63, 3.8) is 0 Å². The van der Waals surface area contributed by atoms with Gasteiger partial charge in [0.15, 0.2) is 0 Å². The molecule has 0 aliphatic rings. The number of carboxylic acids is 1. The first-order valence-corrected chi connectivity index (χ1v) is 2.80. The van der Waals surface area contributed by atoms with Crippen molar-refractivity contribution < 1.29 is 34.2 Å². The number of primary amides is 1. The molecule has 5 nitrogen and oxygen atoms in total. The van der Waals surface area contributed by atoms with E-state index in [0.717, 1.165) is 0 Å². The van der Waals surface area contributed by atoms with Crippen molar-refractivity contribution in [3.8, 4) is 0 Å². The summed E-state index contributed by atoms with van der Waals surface area (Å²) in [6.07, 6.45) is 0.123. The Labute approximate surface area is 76.9 Å². The summed E-state index contributed by atoms with van der Waals surface area (Å²) in [5.41, 5.74) is 9.81. The molecule has 60 valence electrons. The summed E-state index contributed by atoms with van der Waals surface area (Å²) >= 11 is 0. The summed E-state index contributed by atoms with van der Waals surface area (Å²) in [7, 11) is 0. The number of carbonyl (C=O) groups excluding carboxylic acids is 1. The maximum Gasteiger partial charge on any atom is 0.320 e. The Balaban J connectivity index is 0. The predicted octanol–water partition coefficient (Wildman–Crippen LogP) is -1.34. The fourth-order valence-electron chi connectivity index (χ4n) is 0.421.